The summed E-state index contributed by atoms with van der Waals surface area (Å²) in [5.74, 6) is -0.372. The number of nitrogens with two attached hydrogens (primary N) is 1. The predicted octanol–water partition coefficient (Wildman–Crippen LogP) is 2.99. The van der Waals surface area contributed by atoms with Crippen LogP contribution in [-0.4, -0.2) is 12.1 Å². The molecule has 1 rings (SSSR count). The molecule has 1 aromatic rings. The minimum atomic E-state index is -0.372. The molecule has 2 N–H and O–H groups in total. The van der Waals surface area contributed by atoms with Crippen LogP contribution in [-0.2, 0) is 4.74 Å². The number of esters is 1. The van der Waals surface area contributed by atoms with Crippen molar-refractivity contribution in [1.82, 2.24) is 0 Å². The van der Waals surface area contributed by atoms with Crippen molar-refractivity contribution in [1.29, 1.82) is 0 Å². The van der Waals surface area contributed by atoms with Gasteiger partial charge in [0.1, 0.15) is 0 Å². The molecular formula is C11H14BrNO2. The lowest BCUT2D eigenvalue weighted by Gasteiger charge is -2.12. The Morgan fingerprint density at radius 2 is 2.27 bits per heavy atom. The van der Waals surface area contributed by atoms with Gasteiger partial charge in [-0.3, -0.25) is 0 Å². The lowest BCUT2D eigenvalue weighted by molar-refractivity contribution is 0.0336. The van der Waals surface area contributed by atoms with Crippen molar-refractivity contribution in [2.75, 3.05) is 5.73 Å². The minimum absolute atomic E-state index is 0.0871. The van der Waals surface area contributed by atoms with Gasteiger partial charge < -0.3 is 10.5 Å². The van der Waals surface area contributed by atoms with Gasteiger partial charge in [-0.05, 0) is 41.4 Å². The van der Waals surface area contributed by atoms with Gasteiger partial charge in [0, 0.05) is 4.47 Å². The number of rotatable bonds is 3. The highest BCUT2D eigenvalue weighted by Gasteiger charge is 2.14. The number of carbonyl (C=O) groups excluding carboxylic acids is 1. The van der Waals surface area contributed by atoms with Crippen molar-refractivity contribution in [2.24, 2.45) is 0 Å². The molecule has 1 unspecified atom stereocenters. The molecule has 82 valence electrons. The zero-order valence-electron chi connectivity index (χ0n) is 8.79. The van der Waals surface area contributed by atoms with E-state index < -0.39 is 0 Å². The molecule has 0 radical (unpaired) electrons. The van der Waals surface area contributed by atoms with E-state index in [1.54, 1.807) is 18.2 Å². The molecule has 0 heterocycles. The number of carbonyl (C=O) groups is 1. The first-order valence-corrected chi connectivity index (χ1v) is 5.60. The second-order valence-corrected chi connectivity index (χ2v) is 4.18. The molecule has 0 aliphatic carbocycles. The van der Waals surface area contributed by atoms with Crippen molar-refractivity contribution in [3.05, 3.63) is 28.2 Å². The zero-order valence-corrected chi connectivity index (χ0v) is 10.4. The van der Waals surface area contributed by atoms with E-state index in [-0.39, 0.29) is 12.1 Å². The highest BCUT2D eigenvalue weighted by Crippen LogP contribution is 2.23. The first-order chi connectivity index (χ1) is 7.06. The van der Waals surface area contributed by atoms with E-state index in [2.05, 4.69) is 15.9 Å². The number of para-hydroxylation sites is 1. The number of halogens is 1. The molecule has 15 heavy (non-hydrogen) atoms. The molecule has 3 nitrogen and oxygen atoms in total. The van der Waals surface area contributed by atoms with Crippen molar-refractivity contribution >= 4 is 27.6 Å². The first-order valence-electron chi connectivity index (χ1n) is 4.81. The summed E-state index contributed by atoms with van der Waals surface area (Å²) in [4.78, 5) is 11.7. The Morgan fingerprint density at radius 3 is 2.87 bits per heavy atom. The van der Waals surface area contributed by atoms with E-state index in [0.29, 0.717) is 15.7 Å². The first kappa shape index (κ1) is 12.0. The smallest absolute Gasteiger partial charge is 0.340 e. The summed E-state index contributed by atoms with van der Waals surface area (Å²) >= 11 is 3.26. The number of ether oxygens (including phenoxy) is 1. The van der Waals surface area contributed by atoms with Crippen molar-refractivity contribution < 1.29 is 9.53 Å². The Bertz CT molecular complexity index is 366. The van der Waals surface area contributed by atoms with Crippen LogP contribution in [0.3, 0.4) is 0 Å². The SMILES string of the molecule is CCC(C)OC(=O)c1cccc(Br)c1N. The van der Waals surface area contributed by atoms with Gasteiger partial charge in [0.2, 0.25) is 0 Å². The maximum Gasteiger partial charge on any atom is 0.340 e. The third-order valence-electron chi connectivity index (χ3n) is 2.16. The van der Waals surface area contributed by atoms with Gasteiger partial charge in [0.05, 0.1) is 17.4 Å². The van der Waals surface area contributed by atoms with E-state index in [9.17, 15) is 4.79 Å². The molecule has 0 aliphatic rings. The molecule has 0 bridgehead atoms. The molecular weight excluding hydrogens is 258 g/mol. The van der Waals surface area contributed by atoms with Gasteiger partial charge in [0.25, 0.3) is 0 Å². The lowest BCUT2D eigenvalue weighted by atomic mass is 10.2. The van der Waals surface area contributed by atoms with E-state index in [1.807, 2.05) is 13.8 Å². The van der Waals surface area contributed by atoms with Crippen molar-refractivity contribution in [3.8, 4) is 0 Å². The number of anilines is 1. The number of hydrogen-bond acceptors (Lipinski definition) is 3. The quantitative estimate of drug-likeness (QED) is 0.679. The third kappa shape index (κ3) is 2.96. The van der Waals surface area contributed by atoms with Gasteiger partial charge in [-0.1, -0.05) is 13.0 Å². The Hall–Kier alpha value is -1.03. The van der Waals surface area contributed by atoms with E-state index in [4.69, 9.17) is 10.5 Å². The van der Waals surface area contributed by atoms with Crippen LogP contribution in [0.15, 0.2) is 22.7 Å². The molecule has 0 spiro atoms. The molecule has 0 amide bonds. The fourth-order valence-electron chi connectivity index (χ4n) is 1.04. The number of nitrogen functional groups attached to an aromatic ring is 1. The summed E-state index contributed by atoms with van der Waals surface area (Å²) in [7, 11) is 0. The summed E-state index contributed by atoms with van der Waals surface area (Å²) in [5.41, 5.74) is 6.58. The van der Waals surface area contributed by atoms with Gasteiger partial charge in [-0.2, -0.15) is 0 Å². The molecule has 1 aromatic carbocycles. The summed E-state index contributed by atoms with van der Waals surface area (Å²) in [6, 6.07) is 5.20. The Labute approximate surface area is 97.7 Å². The van der Waals surface area contributed by atoms with E-state index >= 15 is 0 Å². The highest BCUT2D eigenvalue weighted by atomic mass is 79.9. The van der Waals surface area contributed by atoms with Crippen LogP contribution in [0.4, 0.5) is 5.69 Å². The van der Waals surface area contributed by atoms with Gasteiger partial charge in [-0.25, -0.2) is 4.79 Å². The van der Waals surface area contributed by atoms with Crippen LogP contribution in [0.5, 0.6) is 0 Å². The maximum atomic E-state index is 11.7. The molecule has 0 aromatic heterocycles. The van der Waals surface area contributed by atoms with Crippen LogP contribution in [0.2, 0.25) is 0 Å². The molecule has 1 atom stereocenters. The Morgan fingerprint density at radius 1 is 1.60 bits per heavy atom. The Balaban J connectivity index is 2.87. The van der Waals surface area contributed by atoms with Crippen LogP contribution in [0.1, 0.15) is 30.6 Å². The number of benzene rings is 1. The fraction of sp³-hybridized carbons (Fsp3) is 0.364. The average molecular weight is 272 g/mol. The average Bonchev–Trinajstić information content (AvgIpc) is 2.21. The van der Waals surface area contributed by atoms with Crippen LogP contribution in [0.25, 0.3) is 0 Å². The molecule has 0 saturated heterocycles. The van der Waals surface area contributed by atoms with Gasteiger partial charge in [-0.15, -0.1) is 0 Å². The van der Waals surface area contributed by atoms with Crippen LogP contribution < -0.4 is 5.73 Å². The summed E-state index contributed by atoms with van der Waals surface area (Å²) in [6.45, 7) is 3.81. The van der Waals surface area contributed by atoms with Crippen molar-refractivity contribution in [3.63, 3.8) is 0 Å². The topological polar surface area (TPSA) is 52.3 Å². The summed E-state index contributed by atoms with van der Waals surface area (Å²) in [6.07, 6.45) is 0.704. The van der Waals surface area contributed by atoms with E-state index in [1.165, 1.54) is 0 Å². The largest absolute Gasteiger partial charge is 0.459 e. The van der Waals surface area contributed by atoms with Crippen LogP contribution in [0, 0.1) is 0 Å². The van der Waals surface area contributed by atoms with Gasteiger partial charge in [0.15, 0.2) is 0 Å². The zero-order chi connectivity index (χ0) is 11.4. The summed E-state index contributed by atoms with van der Waals surface area (Å²) < 4.78 is 5.89. The highest BCUT2D eigenvalue weighted by molar-refractivity contribution is 9.10. The second-order valence-electron chi connectivity index (χ2n) is 3.33. The maximum absolute atomic E-state index is 11.7. The predicted molar refractivity (Wildman–Crippen MR) is 63.7 cm³/mol. The van der Waals surface area contributed by atoms with E-state index in [0.717, 1.165) is 6.42 Å². The molecule has 0 saturated carbocycles. The molecule has 4 heteroatoms. The molecule has 0 fully saturated rings. The lowest BCUT2D eigenvalue weighted by Crippen LogP contribution is -2.15. The number of hydrogen-bond donors (Lipinski definition) is 1. The van der Waals surface area contributed by atoms with Gasteiger partial charge >= 0.3 is 5.97 Å². The molecule has 0 aliphatic heterocycles. The second kappa shape index (κ2) is 5.16. The summed E-state index contributed by atoms with van der Waals surface area (Å²) in [5, 5.41) is 0. The van der Waals surface area contributed by atoms with Crippen molar-refractivity contribution in [2.45, 2.75) is 26.4 Å². The fourth-order valence-corrected chi connectivity index (χ4v) is 1.41. The normalized spacial score (nSPS) is 12.2. The third-order valence-corrected chi connectivity index (χ3v) is 2.85. The Kier molecular flexibility index (Phi) is 4.15. The van der Waals surface area contributed by atoms with Crippen LogP contribution >= 0.6 is 15.9 Å². The monoisotopic (exact) mass is 271 g/mol. The minimum Gasteiger partial charge on any atom is -0.459 e. The standard InChI is InChI=1S/C11H14BrNO2/c1-3-7(2)15-11(14)8-5-4-6-9(12)10(8)13/h4-7H,3,13H2,1-2H3.